The van der Waals surface area contributed by atoms with Gasteiger partial charge in [-0.1, -0.05) is 95.6 Å². The van der Waals surface area contributed by atoms with Gasteiger partial charge in [0.25, 0.3) is 0 Å². The first-order valence-electron chi connectivity index (χ1n) is 14.2. The van der Waals surface area contributed by atoms with E-state index >= 15 is 0 Å². The van der Waals surface area contributed by atoms with Gasteiger partial charge < -0.3 is 18.7 Å². The Bertz CT molecular complexity index is 914. The Hall–Kier alpha value is -1.26. The summed E-state index contributed by atoms with van der Waals surface area (Å²) < 4.78 is 18.2. The third-order valence-electron chi connectivity index (χ3n) is 8.29. The molecule has 7 heteroatoms. The standard InChI is InChI=1S/C32H60O5Si2/c1-23(17-18-28(33)27(5)30(34)35-12)19-24(2)20-26(4)29(37-39(15,16)32(9,10)11)21-25(3)22-36-38(13,14)31(6,7)8/h17-21,26-29,33H,22H2,1-16H3/b18-17+,23-19-,24-20-,25-21+/t26-,27-,28+,29+/m0/s1. The van der Waals surface area contributed by atoms with Crippen molar-refractivity contribution in [3.05, 3.63) is 47.1 Å². The molecule has 5 nitrogen and oxygen atoms in total. The Balaban J connectivity index is 5.95. The Kier molecular flexibility index (Phi) is 14.6. The summed E-state index contributed by atoms with van der Waals surface area (Å²) in [6, 6.07) is 0. The third kappa shape index (κ3) is 12.9. The van der Waals surface area contributed by atoms with Crippen LogP contribution in [0.15, 0.2) is 47.1 Å². The molecule has 0 aromatic rings. The smallest absolute Gasteiger partial charge is 0.311 e. The van der Waals surface area contributed by atoms with Crippen molar-refractivity contribution in [3.63, 3.8) is 0 Å². The average molecular weight is 581 g/mol. The Morgan fingerprint density at radius 3 is 1.85 bits per heavy atom. The molecule has 0 saturated heterocycles. The molecule has 0 fully saturated rings. The summed E-state index contributed by atoms with van der Waals surface area (Å²) in [6.07, 6.45) is 9.14. The topological polar surface area (TPSA) is 65.0 Å². The van der Waals surface area contributed by atoms with E-state index in [1.807, 2.05) is 13.0 Å². The molecule has 0 rings (SSSR count). The summed E-state index contributed by atoms with van der Waals surface area (Å²) >= 11 is 0. The van der Waals surface area contributed by atoms with Crippen molar-refractivity contribution in [2.24, 2.45) is 11.8 Å². The molecule has 0 aliphatic carbocycles. The average Bonchev–Trinajstić information content (AvgIpc) is 2.77. The summed E-state index contributed by atoms with van der Waals surface area (Å²) in [4.78, 5) is 11.7. The summed E-state index contributed by atoms with van der Waals surface area (Å²) in [5, 5.41) is 10.5. The van der Waals surface area contributed by atoms with Crippen LogP contribution in [0.25, 0.3) is 0 Å². The zero-order valence-corrected chi connectivity index (χ0v) is 30.0. The molecule has 0 amide bonds. The van der Waals surface area contributed by atoms with Gasteiger partial charge in [-0.15, -0.1) is 0 Å². The fourth-order valence-electron chi connectivity index (χ4n) is 3.36. The molecule has 226 valence electrons. The minimum absolute atomic E-state index is 0.0594. The van der Waals surface area contributed by atoms with Crippen LogP contribution in [0.5, 0.6) is 0 Å². The van der Waals surface area contributed by atoms with Gasteiger partial charge in [0.15, 0.2) is 16.6 Å². The first-order valence-corrected chi connectivity index (χ1v) is 20.1. The van der Waals surface area contributed by atoms with E-state index in [9.17, 15) is 9.90 Å². The van der Waals surface area contributed by atoms with Crippen LogP contribution in [0.4, 0.5) is 0 Å². The normalized spacial score (nSPS) is 18.2. The summed E-state index contributed by atoms with van der Waals surface area (Å²) in [6.45, 7) is 33.5. The van der Waals surface area contributed by atoms with E-state index in [1.54, 1.807) is 13.0 Å². The van der Waals surface area contributed by atoms with Crippen molar-refractivity contribution in [3.8, 4) is 0 Å². The monoisotopic (exact) mass is 580 g/mol. The van der Waals surface area contributed by atoms with Gasteiger partial charge in [0, 0.05) is 5.92 Å². The van der Waals surface area contributed by atoms with E-state index < -0.39 is 34.6 Å². The van der Waals surface area contributed by atoms with E-state index in [0.29, 0.717) is 6.61 Å². The van der Waals surface area contributed by atoms with E-state index in [2.05, 4.69) is 107 Å². The molecule has 0 aliphatic rings. The Morgan fingerprint density at radius 1 is 0.872 bits per heavy atom. The van der Waals surface area contributed by atoms with E-state index in [-0.39, 0.29) is 22.1 Å². The fraction of sp³-hybridized carbons (Fsp3) is 0.719. The number of rotatable bonds is 13. The number of carbonyl (C=O) groups excluding carboxylic acids is 1. The fourth-order valence-corrected chi connectivity index (χ4v) is 5.69. The van der Waals surface area contributed by atoms with Gasteiger partial charge >= 0.3 is 5.97 Å². The number of aliphatic hydroxyl groups is 1. The van der Waals surface area contributed by atoms with Crippen molar-refractivity contribution in [1.29, 1.82) is 0 Å². The molecule has 0 bridgehead atoms. The number of allylic oxidation sites excluding steroid dienone is 4. The largest absolute Gasteiger partial charge is 0.469 e. The predicted octanol–water partition coefficient (Wildman–Crippen LogP) is 8.60. The molecule has 39 heavy (non-hydrogen) atoms. The number of carbonyl (C=O) groups is 1. The highest BCUT2D eigenvalue weighted by molar-refractivity contribution is 6.74. The molecular formula is C32H60O5Si2. The number of ether oxygens (including phenoxy) is 1. The Morgan fingerprint density at radius 2 is 1.38 bits per heavy atom. The lowest BCUT2D eigenvalue weighted by Gasteiger charge is -2.40. The quantitative estimate of drug-likeness (QED) is 0.102. The number of methoxy groups -OCH3 is 1. The van der Waals surface area contributed by atoms with E-state index in [1.165, 1.54) is 12.7 Å². The van der Waals surface area contributed by atoms with Crippen LogP contribution in [-0.2, 0) is 18.4 Å². The summed E-state index contributed by atoms with van der Waals surface area (Å²) in [5.74, 6) is -0.885. The minimum atomic E-state index is -2.02. The molecule has 0 saturated carbocycles. The molecular weight excluding hydrogens is 521 g/mol. The maximum atomic E-state index is 11.7. The van der Waals surface area contributed by atoms with Gasteiger partial charge in [0.1, 0.15) is 0 Å². The molecule has 4 atom stereocenters. The van der Waals surface area contributed by atoms with Gasteiger partial charge in [-0.3, -0.25) is 4.79 Å². The van der Waals surface area contributed by atoms with Crippen LogP contribution in [0, 0.1) is 11.8 Å². The van der Waals surface area contributed by atoms with Crippen molar-refractivity contribution in [2.75, 3.05) is 13.7 Å². The molecule has 0 aromatic heterocycles. The van der Waals surface area contributed by atoms with Crippen LogP contribution >= 0.6 is 0 Å². The second kappa shape index (κ2) is 15.1. The lowest BCUT2D eigenvalue weighted by molar-refractivity contribution is -0.147. The molecule has 0 aliphatic heterocycles. The summed E-state index contributed by atoms with van der Waals surface area (Å²) in [7, 11) is -2.53. The molecule has 0 unspecified atom stereocenters. The predicted molar refractivity (Wildman–Crippen MR) is 172 cm³/mol. The molecule has 1 N–H and O–H groups in total. The van der Waals surface area contributed by atoms with Crippen molar-refractivity contribution in [2.45, 2.75) is 125 Å². The first kappa shape index (κ1) is 37.7. The van der Waals surface area contributed by atoms with E-state index in [4.69, 9.17) is 13.6 Å². The highest BCUT2D eigenvalue weighted by atomic mass is 28.4. The number of hydrogen-bond acceptors (Lipinski definition) is 5. The van der Waals surface area contributed by atoms with Gasteiger partial charge in [0.2, 0.25) is 0 Å². The maximum absolute atomic E-state index is 11.7. The molecule has 0 radical (unpaired) electrons. The lowest BCUT2D eigenvalue weighted by atomic mass is 9.99. The number of aliphatic hydroxyl groups excluding tert-OH is 1. The number of hydrogen-bond donors (Lipinski definition) is 1. The van der Waals surface area contributed by atoms with Crippen LogP contribution < -0.4 is 0 Å². The van der Waals surface area contributed by atoms with Crippen molar-refractivity contribution >= 4 is 22.6 Å². The van der Waals surface area contributed by atoms with Crippen molar-refractivity contribution < 1.29 is 23.5 Å². The van der Waals surface area contributed by atoms with Crippen LogP contribution in [0.1, 0.15) is 76.2 Å². The lowest BCUT2D eigenvalue weighted by Crippen LogP contribution is -2.45. The highest BCUT2D eigenvalue weighted by Gasteiger charge is 2.40. The maximum Gasteiger partial charge on any atom is 0.311 e. The molecule has 0 aromatic carbocycles. The highest BCUT2D eigenvalue weighted by Crippen LogP contribution is 2.39. The van der Waals surface area contributed by atoms with E-state index in [0.717, 1.165) is 11.1 Å². The minimum Gasteiger partial charge on any atom is -0.469 e. The second-order valence-corrected chi connectivity index (χ2v) is 23.8. The SMILES string of the molecule is COC(=O)[C@@H](C)[C@H](O)/C=C/C(C)=C\C(C)=C/[C@H](C)[C@@H](/C=C(\C)CO[Si](C)(C)C(C)(C)C)O[Si](C)(C)C(C)(C)C. The van der Waals surface area contributed by atoms with Crippen LogP contribution in [-0.4, -0.2) is 53.6 Å². The first-order chi connectivity index (χ1) is 17.4. The molecule has 0 spiro atoms. The van der Waals surface area contributed by atoms with Crippen molar-refractivity contribution in [1.82, 2.24) is 0 Å². The van der Waals surface area contributed by atoms with Gasteiger partial charge in [-0.05, 0) is 64.0 Å². The van der Waals surface area contributed by atoms with Gasteiger partial charge in [-0.2, -0.15) is 0 Å². The second-order valence-electron chi connectivity index (χ2n) is 14.2. The van der Waals surface area contributed by atoms with Crippen LogP contribution in [0.3, 0.4) is 0 Å². The summed E-state index contributed by atoms with van der Waals surface area (Å²) in [5.41, 5.74) is 3.31. The Labute approximate surface area is 243 Å². The van der Waals surface area contributed by atoms with Gasteiger partial charge in [0.05, 0.1) is 31.8 Å². The third-order valence-corrected chi connectivity index (χ3v) is 17.2. The number of esters is 1. The molecule has 0 heterocycles. The zero-order chi connectivity index (χ0) is 31.0. The zero-order valence-electron chi connectivity index (χ0n) is 28.0. The van der Waals surface area contributed by atoms with Gasteiger partial charge in [-0.25, -0.2) is 0 Å². The van der Waals surface area contributed by atoms with Crippen LogP contribution in [0.2, 0.25) is 36.3 Å².